The number of rotatable bonds is 3. The molecule has 2 heterocycles. The highest BCUT2D eigenvalue weighted by Crippen LogP contribution is 2.34. The van der Waals surface area contributed by atoms with Crippen LogP contribution >= 0.6 is 0 Å². The first-order valence-corrected chi connectivity index (χ1v) is 6.17. The fourth-order valence-corrected chi connectivity index (χ4v) is 2.35. The van der Waals surface area contributed by atoms with Gasteiger partial charge in [0.05, 0.1) is 7.11 Å². The number of esters is 1. The van der Waals surface area contributed by atoms with Gasteiger partial charge in [0.25, 0.3) is 0 Å². The summed E-state index contributed by atoms with van der Waals surface area (Å²) in [5.41, 5.74) is -1.07. The second kappa shape index (κ2) is 5.12. The minimum absolute atomic E-state index is 0.0860. The number of hydrogen-bond donors (Lipinski definition) is 2. The van der Waals surface area contributed by atoms with Crippen molar-refractivity contribution < 1.29 is 19.1 Å². The van der Waals surface area contributed by atoms with Crippen LogP contribution in [0.1, 0.15) is 36.1 Å². The summed E-state index contributed by atoms with van der Waals surface area (Å²) < 4.78 is 9.98. The van der Waals surface area contributed by atoms with Crippen LogP contribution in [0.5, 0.6) is 0 Å². The SMILES string of the molecule is COC(=O)c1ccc(C(C)(O)C2CCCNC2)o1. The zero-order chi connectivity index (χ0) is 13.2. The van der Waals surface area contributed by atoms with Crippen molar-refractivity contribution in [2.75, 3.05) is 20.2 Å². The lowest BCUT2D eigenvalue weighted by Crippen LogP contribution is -2.42. The molecule has 1 aromatic rings. The number of furan rings is 1. The fourth-order valence-electron chi connectivity index (χ4n) is 2.35. The molecule has 100 valence electrons. The third-order valence-corrected chi connectivity index (χ3v) is 3.58. The van der Waals surface area contributed by atoms with Crippen LogP contribution < -0.4 is 5.32 Å². The molecule has 0 bridgehead atoms. The van der Waals surface area contributed by atoms with Gasteiger partial charge in [0.1, 0.15) is 11.4 Å². The number of methoxy groups -OCH3 is 1. The highest BCUT2D eigenvalue weighted by atomic mass is 16.5. The quantitative estimate of drug-likeness (QED) is 0.794. The van der Waals surface area contributed by atoms with Crippen LogP contribution in [0, 0.1) is 5.92 Å². The van der Waals surface area contributed by atoms with Gasteiger partial charge in [0, 0.05) is 12.5 Å². The van der Waals surface area contributed by atoms with Crippen molar-refractivity contribution in [3.8, 4) is 0 Å². The first-order valence-electron chi connectivity index (χ1n) is 6.17. The Hall–Kier alpha value is -1.33. The Morgan fingerprint density at radius 2 is 2.39 bits per heavy atom. The van der Waals surface area contributed by atoms with E-state index in [1.54, 1.807) is 13.0 Å². The monoisotopic (exact) mass is 253 g/mol. The van der Waals surface area contributed by atoms with Crippen LogP contribution in [-0.4, -0.2) is 31.3 Å². The Balaban J connectivity index is 2.18. The molecule has 2 unspecified atom stereocenters. The summed E-state index contributed by atoms with van der Waals surface area (Å²) in [7, 11) is 1.30. The summed E-state index contributed by atoms with van der Waals surface area (Å²) >= 11 is 0. The summed E-state index contributed by atoms with van der Waals surface area (Å²) in [6.07, 6.45) is 1.97. The molecule has 2 atom stereocenters. The van der Waals surface area contributed by atoms with E-state index in [0.717, 1.165) is 25.9 Å². The number of piperidine rings is 1. The second-order valence-electron chi connectivity index (χ2n) is 4.85. The third kappa shape index (κ3) is 2.42. The molecule has 1 saturated heterocycles. The van der Waals surface area contributed by atoms with Crippen LogP contribution in [-0.2, 0) is 10.3 Å². The predicted molar refractivity (Wildman–Crippen MR) is 65.2 cm³/mol. The summed E-state index contributed by atoms with van der Waals surface area (Å²) in [4.78, 5) is 11.3. The second-order valence-corrected chi connectivity index (χ2v) is 4.85. The van der Waals surface area contributed by atoms with Crippen molar-refractivity contribution in [3.63, 3.8) is 0 Å². The standard InChI is InChI=1S/C13H19NO4/c1-13(16,9-4-3-7-14-8-9)11-6-5-10(18-11)12(15)17-2/h5-6,9,14,16H,3-4,7-8H2,1-2H3. The van der Waals surface area contributed by atoms with E-state index >= 15 is 0 Å². The lowest BCUT2D eigenvalue weighted by Gasteiger charge is -2.34. The van der Waals surface area contributed by atoms with Crippen molar-refractivity contribution in [2.45, 2.75) is 25.4 Å². The molecule has 2 N–H and O–H groups in total. The zero-order valence-corrected chi connectivity index (χ0v) is 10.7. The van der Waals surface area contributed by atoms with Gasteiger partial charge in [-0.2, -0.15) is 0 Å². The van der Waals surface area contributed by atoms with E-state index in [-0.39, 0.29) is 11.7 Å². The highest BCUT2D eigenvalue weighted by molar-refractivity contribution is 5.86. The average molecular weight is 253 g/mol. The Bertz CT molecular complexity index is 418. The fraction of sp³-hybridized carbons (Fsp3) is 0.615. The Morgan fingerprint density at radius 1 is 1.61 bits per heavy atom. The molecule has 18 heavy (non-hydrogen) atoms. The zero-order valence-electron chi connectivity index (χ0n) is 10.7. The largest absolute Gasteiger partial charge is 0.463 e. The number of aliphatic hydroxyl groups is 1. The van der Waals surface area contributed by atoms with E-state index in [1.165, 1.54) is 13.2 Å². The molecule has 1 aromatic heterocycles. The third-order valence-electron chi connectivity index (χ3n) is 3.58. The van der Waals surface area contributed by atoms with Crippen molar-refractivity contribution >= 4 is 5.97 Å². The number of carbonyl (C=O) groups is 1. The topological polar surface area (TPSA) is 71.7 Å². The number of carbonyl (C=O) groups excluding carboxylic acids is 1. The molecular formula is C13H19NO4. The summed E-state index contributed by atoms with van der Waals surface area (Å²) in [5, 5.41) is 13.9. The maximum Gasteiger partial charge on any atom is 0.373 e. The molecule has 5 nitrogen and oxygen atoms in total. The average Bonchev–Trinajstić information content (AvgIpc) is 2.89. The van der Waals surface area contributed by atoms with E-state index in [0.29, 0.717) is 5.76 Å². The first-order chi connectivity index (χ1) is 8.55. The number of nitrogens with one attached hydrogen (secondary N) is 1. The smallest absolute Gasteiger partial charge is 0.373 e. The van der Waals surface area contributed by atoms with Gasteiger partial charge in [-0.25, -0.2) is 4.79 Å². The molecule has 0 radical (unpaired) electrons. The molecule has 2 rings (SSSR count). The summed E-state index contributed by atoms with van der Waals surface area (Å²) in [6.45, 7) is 3.46. The molecule has 1 aliphatic heterocycles. The molecule has 0 saturated carbocycles. The maximum absolute atomic E-state index is 11.3. The molecular weight excluding hydrogens is 234 g/mol. The van der Waals surface area contributed by atoms with Crippen molar-refractivity contribution in [2.24, 2.45) is 5.92 Å². The van der Waals surface area contributed by atoms with E-state index in [4.69, 9.17) is 4.42 Å². The van der Waals surface area contributed by atoms with Crippen LogP contribution in [0.4, 0.5) is 0 Å². The van der Waals surface area contributed by atoms with Crippen molar-refractivity contribution in [3.05, 3.63) is 23.7 Å². The molecule has 0 spiro atoms. The van der Waals surface area contributed by atoms with Crippen molar-refractivity contribution in [1.82, 2.24) is 5.32 Å². The normalized spacial score (nSPS) is 23.4. The van der Waals surface area contributed by atoms with Crippen LogP contribution in [0.25, 0.3) is 0 Å². The lowest BCUT2D eigenvalue weighted by atomic mass is 9.82. The first kappa shape index (κ1) is 13.1. The van der Waals surface area contributed by atoms with Crippen molar-refractivity contribution in [1.29, 1.82) is 0 Å². The van der Waals surface area contributed by atoms with Gasteiger partial charge in [0.2, 0.25) is 5.76 Å². The molecule has 1 fully saturated rings. The van der Waals surface area contributed by atoms with Gasteiger partial charge in [-0.3, -0.25) is 0 Å². The van der Waals surface area contributed by atoms with Gasteiger partial charge < -0.3 is 19.6 Å². The molecule has 0 aliphatic carbocycles. The van der Waals surface area contributed by atoms with Gasteiger partial charge in [-0.05, 0) is 38.4 Å². The van der Waals surface area contributed by atoms with E-state index in [2.05, 4.69) is 10.1 Å². The van der Waals surface area contributed by atoms with Crippen LogP contribution in [0.15, 0.2) is 16.5 Å². The lowest BCUT2D eigenvalue weighted by molar-refractivity contribution is -0.0343. The predicted octanol–water partition coefficient (Wildman–Crippen LogP) is 1.27. The van der Waals surface area contributed by atoms with Gasteiger partial charge in [-0.15, -0.1) is 0 Å². The molecule has 0 aromatic carbocycles. The minimum atomic E-state index is -1.07. The maximum atomic E-state index is 11.3. The van der Waals surface area contributed by atoms with E-state index < -0.39 is 11.6 Å². The Labute approximate surface area is 106 Å². The molecule has 1 aliphatic rings. The van der Waals surface area contributed by atoms with Gasteiger partial charge in [-0.1, -0.05) is 0 Å². The number of hydrogen-bond acceptors (Lipinski definition) is 5. The molecule has 5 heteroatoms. The van der Waals surface area contributed by atoms with Crippen LogP contribution in [0.2, 0.25) is 0 Å². The molecule has 0 amide bonds. The van der Waals surface area contributed by atoms with Gasteiger partial charge in [0.15, 0.2) is 0 Å². The van der Waals surface area contributed by atoms with E-state index in [9.17, 15) is 9.90 Å². The Kier molecular flexibility index (Phi) is 3.73. The van der Waals surface area contributed by atoms with Crippen LogP contribution in [0.3, 0.4) is 0 Å². The van der Waals surface area contributed by atoms with E-state index in [1.807, 2.05) is 0 Å². The number of ether oxygens (including phenoxy) is 1. The summed E-state index contributed by atoms with van der Waals surface area (Å²) in [5.74, 6) is 0.0925. The Morgan fingerprint density at radius 3 is 3.00 bits per heavy atom. The van der Waals surface area contributed by atoms with Gasteiger partial charge >= 0.3 is 5.97 Å². The minimum Gasteiger partial charge on any atom is -0.463 e. The summed E-state index contributed by atoms with van der Waals surface area (Å²) in [6, 6.07) is 3.17. The highest BCUT2D eigenvalue weighted by Gasteiger charge is 2.37.